The van der Waals surface area contributed by atoms with Crippen LogP contribution in [0.4, 0.5) is 18.9 Å². The van der Waals surface area contributed by atoms with Crippen LogP contribution >= 0.6 is 15.9 Å². The molecule has 4 rings (SSSR count). The van der Waals surface area contributed by atoms with Gasteiger partial charge in [-0.25, -0.2) is 9.48 Å². The Bertz CT molecular complexity index is 1330. The van der Waals surface area contributed by atoms with E-state index in [0.717, 1.165) is 33.4 Å². The predicted octanol–water partition coefficient (Wildman–Crippen LogP) is 6.94. The summed E-state index contributed by atoms with van der Waals surface area (Å²) >= 11 is 3.48. The minimum atomic E-state index is -4.42. The lowest BCUT2D eigenvalue weighted by Crippen LogP contribution is -2.05. The molecule has 4 aromatic rings. The number of rotatable bonds is 6. The Morgan fingerprint density at radius 3 is 2.32 bits per heavy atom. The second-order valence-corrected chi connectivity index (χ2v) is 8.55. The number of carboxylic acids is 1. The average Bonchev–Trinajstić information content (AvgIpc) is 3.24. The summed E-state index contributed by atoms with van der Waals surface area (Å²) < 4.78 is 41.3. The summed E-state index contributed by atoms with van der Waals surface area (Å²) in [6, 6.07) is 16.9. The van der Waals surface area contributed by atoms with Crippen molar-refractivity contribution in [1.29, 1.82) is 0 Å². The molecule has 0 unspecified atom stereocenters. The van der Waals surface area contributed by atoms with Crippen LogP contribution in [0.15, 0.2) is 77.4 Å². The summed E-state index contributed by atoms with van der Waals surface area (Å²) in [4.78, 5) is 11.2. The molecular formula is C25H19BrF3N3O2. The van der Waals surface area contributed by atoms with Crippen LogP contribution < -0.4 is 5.32 Å². The minimum absolute atomic E-state index is 0.149. The standard InChI is InChI=1S/C25H19BrF3N3O2/c1-15-12-20(8-11-22(15)26)30-13-18-14-32(21-9-6-19(7-10-21)25(27,28)29)31-23(18)16-2-4-17(5-3-16)24(33)34/h2-12,14,30H,13H2,1H3,(H,33,34). The van der Waals surface area contributed by atoms with Crippen LogP contribution in [0.3, 0.4) is 0 Å². The number of benzene rings is 3. The zero-order chi connectivity index (χ0) is 24.5. The van der Waals surface area contributed by atoms with Gasteiger partial charge in [-0.1, -0.05) is 28.1 Å². The molecule has 0 aliphatic rings. The molecule has 1 heterocycles. The lowest BCUT2D eigenvalue weighted by atomic mass is 10.1. The molecule has 0 aliphatic carbocycles. The smallest absolute Gasteiger partial charge is 0.416 e. The highest BCUT2D eigenvalue weighted by molar-refractivity contribution is 9.10. The van der Waals surface area contributed by atoms with E-state index in [1.165, 1.54) is 28.9 Å². The molecule has 0 saturated heterocycles. The number of alkyl halides is 3. The number of nitrogens with one attached hydrogen (secondary N) is 1. The molecule has 0 amide bonds. The van der Waals surface area contributed by atoms with E-state index in [4.69, 9.17) is 0 Å². The highest BCUT2D eigenvalue weighted by Crippen LogP contribution is 2.30. The molecule has 34 heavy (non-hydrogen) atoms. The van der Waals surface area contributed by atoms with Crippen molar-refractivity contribution < 1.29 is 23.1 Å². The van der Waals surface area contributed by atoms with Crippen LogP contribution in [0.25, 0.3) is 16.9 Å². The number of carbonyl (C=O) groups is 1. The van der Waals surface area contributed by atoms with E-state index in [1.807, 2.05) is 25.1 Å². The van der Waals surface area contributed by atoms with Gasteiger partial charge in [-0.3, -0.25) is 0 Å². The molecule has 174 valence electrons. The van der Waals surface area contributed by atoms with Crippen molar-refractivity contribution in [3.63, 3.8) is 0 Å². The number of aromatic nitrogens is 2. The molecule has 0 aliphatic heterocycles. The lowest BCUT2D eigenvalue weighted by molar-refractivity contribution is -0.137. The second-order valence-electron chi connectivity index (χ2n) is 7.69. The molecule has 0 bridgehead atoms. The highest BCUT2D eigenvalue weighted by atomic mass is 79.9. The molecular weight excluding hydrogens is 511 g/mol. The monoisotopic (exact) mass is 529 g/mol. The fraction of sp³-hybridized carbons (Fsp3) is 0.120. The molecule has 0 saturated carbocycles. The van der Waals surface area contributed by atoms with E-state index in [2.05, 4.69) is 26.3 Å². The Labute approximate surface area is 202 Å². The van der Waals surface area contributed by atoms with Crippen LogP contribution in [-0.2, 0) is 12.7 Å². The van der Waals surface area contributed by atoms with Gasteiger partial charge in [0.1, 0.15) is 0 Å². The van der Waals surface area contributed by atoms with Gasteiger partial charge in [0.25, 0.3) is 0 Å². The Hall–Kier alpha value is -3.59. The Kier molecular flexibility index (Phi) is 6.47. The Morgan fingerprint density at radius 2 is 1.74 bits per heavy atom. The SMILES string of the molecule is Cc1cc(NCc2cn(-c3ccc(C(F)(F)F)cc3)nc2-c2ccc(C(=O)O)cc2)ccc1Br. The van der Waals surface area contributed by atoms with Crippen molar-refractivity contribution in [2.24, 2.45) is 0 Å². The minimum Gasteiger partial charge on any atom is -0.478 e. The Balaban J connectivity index is 1.69. The van der Waals surface area contributed by atoms with Crippen LogP contribution in [0.1, 0.15) is 27.0 Å². The summed E-state index contributed by atoms with van der Waals surface area (Å²) in [7, 11) is 0. The maximum atomic E-state index is 12.9. The summed E-state index contributed by atoms with van der Waals surface area (Å²) in [5.41, 5.74) is 3.93. The van der Waals surface area contributed by atoms with Gasteiger partial charge in [0, 0.05) is 34.0 Å². The number of nitrogens with zero attached hydrogens (tertiary/aromatic N) is 2. The first-order valence-corrected chi connectivity index (χ1v) is 11.0. The fourth-order valence-corrected chi connectivity index (χ4v) is 3.69. The number of halogens is 4. The van der Waals surface area contributed by atoms with Crippen molar-refractivity contribution in [2.45, 2.75) is 19.6 Å². The van der Waals surface area contributed by atoms with Gasteiger partial charge in [-0.2, -0.15) is 18.3 Å². The van der Waals surface area contributed by atoms with E-state index >= 15 is 0 Å². The highest BCUT2D eigenvalue weighted by Gasteiger charge is 2.30. The van der Waals surface area contributed by atoms with E-state index in [9.17, 15) is 23.1 Å². The molecule has 1 aromatic heterocycles. The summed E-state index contributed by atoms with van der Waals surface area (Å²) in [6.07, 6.45) is -2.67. The van der Waals surface area contributed by atoms with Crippen molar-refractivity contribution in [3.8, 4) is 16.9 Å². The number of hydrogen-bond donors (Lipinski definition) is 2. The third-order valence-corrected chi connectivity index (χ3v) is 6.19. The van der Waals surface area contributed by atoms with Crippen LogP contribution in [0, 0.1) is 6.92 Å². The van der Waals surface area contributed by atoms with Crippen LogP contribution in [0.5, 0.6) is 0 Å². The van der Waals surface area contributed by atoms with Gasteiger partial charge in [-0.05, 0) is 67.1 Å². The third kappa shape index (κ3) is 5.14. The van der Waals surface area contributed by atoms with Crippen molar-refractivity contribution in [3.05, 3.63) is 99.7 Å². The van der Waals surface area contributed by atoms with Gasteiger partial charge in [0.2, 0.25) is 0 Å². The first kappa shape index (κ1) is 23.6. The largest absolute Gasteiger partial charge is 0.478 e. The van der Waals surface area contributed by atoms with Crippen molar-refractivity contribution in [1.82, 2.24) is 9.78 Å². The third-order valence-electron chi connectivity index (χ3n) is 5.30. The van der Waals surface area contributed by atoms with Gasteiger partial charge in [0.05, 0.1) is 22.5 Å². The molecule has 0 atom stereocenters. The molecule has 3 aromatic carbocycles. The summed E-state index contributed by atoms with van der Waals surface area (Å²) in [5.74, 6) is -1.03. The zero-order valence-electron chi connectivity index (χ0n) is 17.9. The van der Waals surface area contributed by atoms with Crippen molar-refractivity contribution >= 4 is 27.6 Å². The molecule has 2 N–H and O–H groups in total. The lowest BCUT2D eigenvalue weighted by Gasteiger charge is -2.08. The maximum absolute atomic E-state index is 12.9. The van der Waals surface area contributed by atoms with Gasteiger partial charge in [-0.15, -0.1) is 0 Å². The molecule has 0 fully saturated rings. The second kappa shape index (κ2) is 9.34. The normalized spacial score (nSPS) is 11.4. The number of aromatic carboxylic acids is 1. The summed E-state index contributed by atoms with van der Waals surface area (Å²) in [6.45, 7) is 2.38. The molecule has 9 heteroatoms. The fourth-order valence-electron chi connectivity index (χ4n) is 3.44. The zero-order valence-corrected chi connectivity index (χ0v) is 19.5. The average molecular weight is 530 g/mol. The van der Waals surface area contributed by atoms with Crippen LogP contribution in [-0.4, -0.2) is 20.9 Å². The van der Waals surface area contributed by atoms with E-state index < -0.39 is 17.7 Å². The number of carboxylic acid groups (broad SMARTS) is 1. The van der Waals surface area contributed by atoms with E-state index in [-0.39, 0.29) is 5.56 Å². The van der Waals surface area contributed by atoms with E-state index in [1.54, 1.807) is 18.3 Å². The van der Waals surface area contributed by atoms with Gasteiger partial charge >= 0.3 is 12.1 Å². The maximum Gasteiger partial charge on any atom is 0.416 e. The quantitative estimate of drug-likeness (QED) is 0.284. The number of hydrogen-bond acceptors (Lipinski definition) is 3. The van der Waals surface area contributed by atoms with E-state index in [0.29, 0.717) is 23.5 Å². The molecule has 0 spiro atoms. The topological polar surface area (TPSA) is 67.2 Å². The predicted molar refractivity (Wildman–Crippen MR) is 127 cm³/mol. The molecule has 5 nitrogen and oxygen atoms in total. The summed E-state index contributed by atoms with van der Waals surface area (Å²) in [5, 5.41) is 17.1. The first-order valence-electron chi connectivity index (χ1n) is 10.2. The van der Waals surface area contributed by atoms with Crippen molar-refractivity contribution in [2.75, 3.05) is 5.32 Å². The van der Waals surface area contributed by atoms with Gasteiger partial charge in [0.15, 0.2) is 0 Å². The number of anilines is 1. The Morgan fingerprint density at radius 1 is 1.06 bits per heavy atom. The molecule has 0 radical (unpaired) electrons. The number of aryl methyl sites for hydroxylation is 1. The van der Waals surface area contributed by atoms with Crippen LogP contribution in [0.2, 0.25) is 0 Å². The van der Waals surface area contributed by atoms with Gasteiger partial charge < -0.3 is 10.4 Å². The first-order chi connectivity index (χ1) is 16.1.